The summed E-state index contributed by atoms with van der Waals surface area (Å²) in [4.78, 5) is 10.6. The summed E-state index contributed by atoms with van der Waals surface area (Å²) >= 11 is 5.37. The van der Waals surface area contributed by atoms with Crippen molar-refractivity contribution in [3.8, 4) is 0 Å². The molecule has 4 nitrogen and oxygen atoms in total. The monoisotopic (exact) mass is 147 g/mol. The molecule has 0 fully saturated rings. The molecule has 50 valence electrons. The number of amides is 1. The lowest BCUT2D eigenvalue weighted by Crippen LogP contribution is -2.38. The molecular formula is C4H6ClN3O. The maximum Gasteiger partial charge on any atom is 0.262 e. The number of hydrogen-bond donors (Lipinski definition) is 2. The lowest BCUT2D eigenvalue weighted by Gasteiger charge is -2.18. The van der Waals surface area contributed by atoms with Gasteiger partial charge in [0.2, 0.25) is 0 Å². The topological polar surface area (TPSA) is 58.4 Å². The second kappa shape index (κ2) is 2.14. The van der Waals surface area contributed by atoms with E-state index in [0.717, 1.165) is 4.42 Å². The second-order valence-corrected chi connectivity index (χ2v) is 1.96. The van der Waals surface area contributed by atoms with Gasteiger partial charge < -0.3 is 11.1 Å². The van der Waals surface area contributed by atoms with E-state index in [-0.39, 0.29) is 18.3 Å². The van der Waals surface area contributed by atoms with Crippen LogP contribution in [0.1, 0.15) is 0 Å². The van der Waals surface area contributed by atoms with Crippen LogP contribution in [0, 0.1) is 0 Å². The molecule has 3 N–H and O–H groups in total. The van der Waals surface area contributed by atoms with Crippen molar-refractivity contribution < 1.29 is 4.79 Å². The number of rotatable bonds is 0. The molecule has 5 heteroatoms. The number of nitrogens with one attached hydrogen (secondary N) is 1. The molecule has 0 aromatic rings. The molecule has 0 unspecified atom stereocenters. The van der Waals surface area contributed by atoms with E-state index in [2.05, 4.69) is 5.32 Å². The third-order valence-electron chi connectivity index (χ3n) is 0.949. The Bertz CT molecular complexity index is 167. The quantitative estimate of drug-likeness (QED) is 0.447. The van der Waals surface area contributed by atoms with E-state index in [1.54, 1.807) is 0 Å². The number of hydrogen-bond acceptors (Lipinski definition) is 3. The van der Waals surface area contributed by atoms with E-state index < -0.39 is 0 Å². The predicted molar refractivity (Wildman–Crippen MR) is 33.0 cm³/mol. The maximum absolute atomic E-state index is 10.6. The first-order chi connectivity index (χ1) is 4.22. The van der Waals surface area contributed by atoms with Crippen molar-refractivity contribution >= 4 is 17.7 Å². The minimum Gasteiger partial charge on any atom is -0.383 e. The Morgan fingerprint density at radius 3 is 3.00 bits per heavy atom. The number of halogens is 1. The van der Waals surface area contributed by atoms with Gasteiger partial charge in [-0.3, -0.25) is 4.79 Å². The van der Waals surface area contributed by atoms with Gasteiger partial charge in [-0.05, 0) is 0 Å². The van der Waals surface area contributed by atoms with Gasteiger partial charge in [-0.25, -0.2) is 4.42 Å². The lowest BCUT2D eigenvalue weighted by molar-refractivity contribution is -0.124. The van der Waals surface area contributed by atoms with Crippen LogP contribution < -0.4 is 11.1 Å². The van der Waals surface area contributed by atoms with Gasteiger partial charge in [0.15, 0.2) is 0 Å². The molecule has 1 heterocycles. The Morgan fingerprint density at radius 2 is 2.56 bits per heavy atom. The van der Waals surface area contributed by atoms with Gasteiger partial charge >= 0.3 is 0 Å². The molecular weight excluding hydrogens is 142 g/mol. The first-order valence-electron chi connectivity index (χ1n) is 2.39. The summed E-state index contributed by atoms with van der Waals surface area (Å²) in [7, 11) is 0. The third kappa shape index (κ3) is 1.08. The molecule has 1 aliphatic heterocycles. The average Bonchev–Trinajstić information content (AvgIpc) is 1.83. The van der Waals surface area contributed by atoms with Gasteiger partial charge in [-0.15, -0.1) is 0 Å². The van der Waals surface area contributed by atoms with E-state index in [1.807, 2.05) is 0 Å². The highest BCUT2D eigenvalue weighted by Crippen LogP contribution is 2.04. The van der Waals surface area contributed by atoms with Crippen LogP contribution in [0.4, 0.5) is 0 Å². The number of carbonyl (C=O) groups excluding carboxylic acids is 1. The molecule has 0 saturated carbocycles. The molecule has 0 spiro atoms. The molecule has 0 radical (unpaired) electrons. The van der Waals surface area contributed by atoms with Gasteiger partial charge in [0, 0.05) is 18.0 Å². The SMILES string of the molecule is NC1=CNCC(=O)N1Cl. The first kappa shape index (κ1) is 6.22. The molecule has 0 saturated heterocycles. The molecule has 0 aromatic heterocycles. The van der Waals surface area contributed by atoms with Crippen LogP contribution in [0.2, 0.25) is 0 Å². The third-order valence-corrected chi connectivity index (χ3v) is 1.33. The molecule has 1 aliphatic rings. The minimum atomic E-state index is -0.239. The van der Waals surface area contributed by atoms with Crippen LogP contribution in [-0.2, 0) is 4.79 Å². The van der Waals surface area contributed by atoms with Crippen molar-refractivity contribution in [1.29, 1.82) is 0 Å². The summed E-state index contributed by atoms with van der Waals surface area (Å²) in [6.45, 7) is 0.212. The van der Waals surface area contributed by atoms with E-state index in [1.165, 1.54) is 6.20 Å². The normalized spacial score (nSPS) is 19.0. The Balaban J connectivity index is 2.74. The number of nitrogens with zero attached hydrogens (tertiary/aromatic N) is 1. The zero-order valence-corrected chi connectivity index (χ0v) is 5.35. The van der Waals surface area contributed by atoms with Crippen molar-refractivity contribution in [2.45, 2.75) is 0 Å². The highest BCUT2D eigenvalue weighted by atomic mass is 35.5. The smallest absolute Gasteiger partial charge is 0.262 e. The zero-order valence-electron chi connectivity index (χ0n) is 4.60. The van der Waals surface area contributed by atoms with Gasteiger partial charge in [-0.2, -0.15) is 0 Å². The molecule has 0 aliphatic carbocycles. The van der Waals surface area contributed by atoms with Crippen LogP contribution >= 0.6 is 11.8 Å². The van der Waals surface area contributed by atoms with E-state index in [0.29, 0.717) is 0 Å². The molecule has 1 amide bonds. The highest BCUT2D eigenvalue weighted by Gasteiger charge is 2.16. The summed E-state index contributed by atoms with van der Waals surface area (Å²) in [6.07, 6.45) is 1.48. The van der Waals surface area contributed by atoms with Crippen molar-refractivity contribution in [1.82, 2.24) is 9.74 Å². The van der Waals surface area contributed by atoms with E-state index in [9.17, 15) is 4.79 Å². The predicted octanol–water partition coefficient (Wildman–Crippen LogP) is -0.670. The molecule has 0 bridgehead atoms. The van der Waals surface area contributed by atoms with Crippen LogP contribution in [0.25, 0.3) is 0 Å². The van der Waals surface area contributed by atoms with Crippen molar-refractivity contribution in [3.05, 3.63) is 12.0 Å². The number of nitrogens with two attached hydrogens (primary N) is 1. The highest BCUT2D eigenvalue weighted by molar-refractivity contribution is 6.23. The first-order valence-corrected chi connectivity index (χ1v) is 2.73. The summed E-state index contributed by atoms with van der Waals surface area (Å²) in [5.41, 5.74) is 5.24. The lowest BCUT2D eigenvalue weighted by atomic mass is 10.5. The van der Waals surface area contributed by atoms with Gasteiger partial charge in [0.05, 0.1) is 6.54 Å². The standard InChI is InChI=1S/C4H6ClN3O/c5-8-3(6)1-7-2-4(8)9/h1,7H,2,6H2. The van der Waals surface area contributed by atoms with Crippen molar-refractivity contribution in [2.75, 3.05) is 6.54 Å². The Hall–Kier alpha value is -0.900. The largest absolute Gasteiger partial charge is 0.383 e. The second-order valence-electron chi connectivity index (χ2n) is 1.62. The van der Waals surface area contributed by atoms with E-state index >= 15 is 0 Å². The summed E-state index contributed by atoms with van der Waals surface area (Å²) < 4.78 is 0.885. The Kier molecular flexibility index (Phi) is 1.48. The van der Waals surface area contributed by atoms with E-state index in [4.69, 9.17) is 17.5 Å². The van der Waals surface area contributed by atoms with Crippen LogP contribution in [0.15, 0.2) is 12.0 Å². The fourth-order valence-corrected chi connectivity index (χ4v) is 0.622. The summed E-state index contributed by atoms with van der Waals surface area (Å²) in [5, 5.41) is 2.65. The minimum absolute atomic E-state index is 0.212. The van der Waals surface area contributed by atoms with Gasteiger partial charge in [0.1, 0.15) is 5.82 Å². The maximum atomic E-state index is 10.6. The van der Waals surface area contributed by atoms with Crippen LogP contribution in [0.3, 0.4) is 0 Å². The van der Waals surface area contributed by atoms with Crippen LogP contribution in [-0.4, -0.2) is 16.9 Å². The Labute approximate surface area is 57.4 Å². The molecule has 0 atom stereocenters. The Morgan fingerprint density at radius 1 is 1.89 bits per heavy atom. The molecule has 1 rings (SSSR count). The van der Waals surface area contributed by atoms with Crippen molar-refractivity contribution in [3.63, 3.8) is 0 Å². The summed E-state index contributed by atoms with van der Waals surface area (Å²) in [5.74, 6) is -0.00965. The van der Waals surface area contributed by atoms with Gasteiger partial charge in [-0.1, -0.05) is 0 Å². The molecule has 0 aromatic carbocycles. The van der Waals surface area contributed by atoms with Crippen molar-refractivity contribution in [2.24, 2.45) is 5.73 Å². The fraction of sp³-hybridized carbons (Fsp3) is 0.250. The molecule has 9 heavy (non-hydrogen) atoms. The summed E-state index contributed by atoms with van der Waals surface area (Å²) in [6, 6.07) is 0. The average molecular weight is 148 g/mol. The zero-order chi connectivity index (χ0) is 6.85. The fourth-order valence-electron chi connectivity index (χ4n) is 0.513. The van der Waals surface area contributed by atoms with Gasteiger partial charge in [0.25, 0.3) is 5.91 Å². The number of carbonyl (C=O) groups is 1. The van der Waals surface area contributed by atoms with Crippen LogP contribution in [0.5, 0.6) is 0 Å².